The molecule has 0 aliphatic carbocycles. The molecule has 2 nitrogen and oxygen atoms in total. The third-order valence-electron chi connectivity index (χ3n) is 4.11. The van der Waals surface area contributed by atoms with E-state index in [0.29, 0.717) is 0 Å². The average molecular weight is 266 g/mol. The third-order valence-corrected chi connectivity index (χ3v) is 4.11. The standard InChI is InChI=1S/C18H22N2/c1-13-5-7-17(19)16(11-13)12-20-9-3-4-15-10-14(2)6-8-18(15)20/h5-8,10-11H,3-4,9,12,19H2,1-2H3. The Bertz CT molecular complexity index is 631. The van der Waals surface area contributed by atoms with Crippen LogP contribution in [0.3, 0.4) is 0 Å². The third kappa shape index (κ3) is 2.51. The summed E-state index contributed by atoms with van der Waals surface area (Å²) in [5.74, 6) is 0. The first-order valence-electron chi connectivity index (χ1n) is 7.33. The van der Waals surface area contributed by atoms with Gasteiger partial charge in [-0.2, -0.15) is 0 Å². The Labute approximate surface area is 121 Å². The van der Waals surface area contributed by atoms with Crippen LogP contribution in [0.25, 0.3) is 0 Å². The quantitative estimate of drug-likeness (QED) is 0.837. The minimum atomic E-state index is 0.898. The van der Waals surface area contributed by atoms with Gasteiger partial charge in [-0.3, -0.25) is 0 Å². The molecule has 104 valence electrons. The second-order valence-electron chi connectivity index (χ2n) is 5.86. The van der Waals surface area contributed by atoms with E-state index >= 15 is 0 Å². The number of hydrogen-bond donors (Lipinski definition) is 1. The smallest absolute Gasteiger partial charge is 0.0450 e. The van der Waals surface area contributed by atoms with Crippen molar-refractivity contribution in [1.82, 2.24) is 0 Å². The number of hydrogen-bond acceptors (Lipinski definition) is 2. The molecule has 0 spiro atoms. The van der Waals surface area contributed by atoms with Crippen molar-refractivity contribution in [2.75, 3.05) is 17.2 Å². The Morgan fingerprint density at radius 1 is 1.05 bits per heavy atom. The van der Waals surface area contributed by atoms with Crippen LogP contribution >= 0.6 is 0 Å². The van der Waals surface area contributed by atoms with Gasteiger partial charge >= 0.3 is 0 Å². The monoisotopic (exact) mass is 266 g/mol. The lowest BCUT2D eigenvalue weighted by molar-refractivity contribution is 0.691. The molecule has 0 saturated carbocycles. The maximum atomic E-state index is 6.12. The summed E-state index contributed by atoms with van der Waals surface area (Å²) in [6, 6.07) is 13.1. The van der Waals surface area contributed by atoms with E-state index in [1.807, 2.05) is 6.07 Å². The molecule has 0 bridgehead atoms. The van der Waals surface area contributed by atoms with Crippen molar-refractivity contribution in [1.29, 1.82) is 0 Å². The van der Waals surface area contributed by atoms with Gasteiger partial charge in [0.1, 0.15) is 0 Å². The fourth-order valence-corrected chi connectivity index (χ4v) is 3.05. The second kappa shape index (κ2) is 5.20. The summed E-state index contributed by atoms with van der Waals surface area (Å²) in [5, 5.41) is 0. The molecule has 0 saturated heterocycles. The average Bonchev–Trinajstić information content (AvgIpc) is 2.43. The molecule has 3 rings (SSSR count). The molecule has 2 N–H and O–H groups in total. The van der Waals surface area contributed by atoms with Crippen LogP contribution < -0.4 is 10.6 Å². The van der Waals surface area contributed by atoms with Gasteiger partial charge in [-0.25, -0.2) is 0 Å². The summed E-state index contributed by atoms with van der Waals surface area (Å²) in [6.07, 6.45) is 2.42. The molecular weight excluding hydrogens is 244 g/mol. The van der Waals surface area contributed by atoms with Crippen molar-refractivity contribution < 1.29 is 0 Å². The summed E-state index contributed by atoms with van der Waals surface area (Å²) in [4.78, 5) is 2.46. The Balaban J connectivity index is 1.91. The van der Waals surface area contributed by atoms with Gasteiger partial charge in [0.25, 0.3) is 0 Å². The Morgan fingerprint density at radius 2 is 1.80 bits per heavy atom. The second-order valence-corrected chi connectivity index (χ2v) is 5.86. The highest BCUT2D eigenvalue weighted by Crippen LogP contribution is 2.30. The zero-order valence-corrected chi connectivity index (χ0v) is 12.3. The maximum Gasteiger partial charge on any atom is 0.0450 e. The Hall–Kier alpha value is -1.96. The number of rotatable bonds is 2. The van der Waals surface area contributed by atoms with E-state index < -0.39 is 0 Å². The highest BCUT2D eigenvalue weighted by molar-refractivity contribution is 5.59. The molecule has 0 atom stereocenters. The molecule has 0 fully saturated rings. The van der Waals surface area contributed by atoms with Crippen LogP contribution in [0, 0.1) is 13.8 Å². The van der Waals surface area contributed by atoms with Gasteiger partial charge in [-0.15, -0.1) is 0 Å². The molecule has 1 heterocycles. The fraction of sp³-hybridized carbons (Fsp3) is 0.333. The van der Waals surface area contributed by atoms with Crippen LogP contribution in [0.2, 0.25) is 0 Å². The maximum absolute atomic E-state index is 6.12. The van der Waals surface area contributed by atoms with Gasteiger partial charge < -0.3 is 10.6 Å². The van der Waals surface area contributed by atoms with Crippen molar-refractivity contribution in [3.05, 3.63) is 58.7 Å². The molecule has 2 aromatic rings. The van der Waals surface area contributed by atoms with E-state index in [1.165, 1.54) is 40.8 Å². The SMILES string of the molecule is Cc1ccc(N)c(CN2CCCc3cc(C)ccc32)c1. The first kappa shape index (κ1) is 13.0. The van der Waals surface area contributed by atoms with E-state index in [4.69, 9.17) is 5.73 Å². The molecule has 2 heteroatoms. The first-order valence-corrected chi connectivity index (χ1v) is 7.33. The molecular formula is C18H22N2. The minimum absolute atomic E-state index is 0.898. The zero-order valence-electron chi connectivity index (χ0n) is 12.3. The van der Waals surface area contributed by atoms with Crippen molar-refractivity contribution in [3.63, 3.8) is 0 Å². The van der Waals surface area contributed by atoms with Crippen LogP contribution in [0.4, 0.5) is 11.4 Å². The molecule has 1 aliphatic rings. The Morgan fingerprint density at radius 3 is 2.65 bits per heavy atom. The van der Waals surface area contributed by atoms with Gasteiger partial charge in [-0.05, 0) is 49.9 Å². The number of nitrogens with two attached hydrogens (primary N) is 1. The molecule has 2 aromatic carbocycles. The largest absolute Gasteiger partial charge is 0.398 e. The number of aryl methyl sites for hydroxylation is 3. The van der Waals surface area contributed by atoms with E-state index in [9.17, 15) is 0 Å². The van der Waals surface area contributed by atoms with Crippen LogP contribution in [-0.4, -0.2) is 6.54 Å². The lowest BCUT2D eigenvalue weighted by atomic mass is 9.98. The summed E-state index contributed by atoms with van der Waals surface area (Å²) in [7, 11) is 0. The summed E-state index contributed by atoms with van der Waals surface area (Å²) >= 11 is 0. The lowest BCUT2D eigenvalue weighted by Crippen LogP contribution is -2.29. The molecule has 20 heavy (non-hydrogen) atoms. The Kier molecular flexibility index (Phi) is 3.39. The van der Waals surface area contributed by atoms with Gasteiger partial charge in [0.15, 0.2) is 0 Å². The minimum Gasteiger partial charge on any atom is -0.398 e. The topological polar surface area (TPSA) is 29.3 Å². The highest BCUT2D eigenvalue weighted by atomic mass is 15.1. The molecule has 1 aliphatic heterocycles. The normalized spacial score (nSPS) is 14.2. The fourth-order valence-electron chi connectivity index (χ4n) is 3.05. The van der Waals surface area contributed by atoms with E-state index in [2.05, 4.69) is 49.1 Å². The molecule has 0 radical (unpaired) electrons. The number of benzene rings is 2. The van der Waals surface area contributed by atoms with Crippen LogP contribution in [-0.2, 0) is 13.0 Å². The summed E-state index contributed by atoms with van der Waals surface area (Å²) < 4.78 is 0. The van der Waals surface area contributed by atoms with E-state index in [1.54, 1.807) is 0 Å². The molecule has 0 amide bonds. The number of nitrogens with zero attached hydrogens (tertiary/aromatic N) is 1. The first-order chi connectivity index (χ1) is 9.63. The summed E-state index contributed by atoms with van der Waals surface area (Å²) in [6.45, 7) is 6.31. The van der Waals surface area contributed by atoms with E-state index in [0.717, 1.165) is 18.8 Å². The van der Waals surface area contributed by atoms with Crippen molar-refractivity contribution in [2.45, 2.75) is 33.2 Å². The van der Waals surface area contributed by atoms with Gasteiger partial charge in [0, 0.05) is 24.5 Å². The summed E-state index contributed by atoms with van der Waals surface area (Å²) in [5.41, 5.74) is 13.7. The molecule has 0 unspecified atom stereocenters. The zero-order chi connectivity index (χ0) is 14.1. The number of nitrogen functional groups attached to an aromatic ring is 1. The van der Waals surface area contributed by atoms with Crippen LogP contribution in [0.5, 0.6) is 0 Å². The predicted molar refractivity (Wildman–Crippen MR) is 86.1 cm³/mol. The van der Waals surface area contributed by atoms with Gasteiger partial charge in [0.2, 0.25) is 0 Å². The van der Waals surface area contributed by atoms with E-state index in [-0.39, 0.29) is 0 Å². The van der Waals surface area contributed by atoms with Crippen molar-refractivity contribution in [3.8, 4) is 0 Å². The van der Waals surface area contributed by atoms with Crippen molar-refractivity contribution >= 4 is 11.4 Å². The van der Waals surface area contributed by atoms with Crippen LogP contribution in [0.15, 0.2) is 36.4 Å². The highest BCUT2D eigenvalue weighted by Gasteiger charge is 2.17. The predicted octanol–water partition coefficient (Wildman–Crippen LogP) is 3.84. The van der Waals surface area contributed by atoms with Gasteiger partial charge in [-0.1, -0.05) is 35.4 Å². The number of anilines is 2. The number of fused-ring (bicyclic) bond motifs is 1. The van der Waals surface area contributed by atoms with Gasteiger partial charge in [0.05, 0.1) is 0 Å². The van der Waals surface area contributed by atoms with Crippen LogP contribution in [0.1, 0.15) is 28.7 Å². The molecule has 0 aromatic heterocycles. The van der Waals surface area contributed by atoms with Crippen molar-refractivity contribution in [2.24, 2.45) is 0 Å². The lowest BCUT2D eigenvalue weighted by Gasteiger charge is -2.32.